The largest absolute Gasteiger partial charge is 0.484 e. The van der Waals surface area contributed by atoms with Crippen molar-refractivity contribution in [2.24, 2.45) is 0 Å². The Morgan fingerprint density at radius 2 is 1.85 bits per heavy atom. The molecule has 2 aromatic heterocycles. The normalized spacial score (nSPS) is 10.7. The molecule has 7 heteroatoms. The van der Waals surface area contributed by atoms with Gasteiger partial charge in [0.2, 0.25) is 5.89 Å². The number of amides is 1. The zero-order valence-corrected chi connectivity index (χ0v) is 14.8. The molecule has 6 nitrogen and oxygen atoms in total. The maximum atomic E-state index is 12.0. The van der Waals surface area contributed by atoms with Gasteiger partial charge in [-0.05, 0) is 60.7 Å². The minimum Gasteiger partial charge on any atom is -0.484 e. The quantitative estimate of drug-likeness (QED) is 0.550. The van der Waals surface area contributed by atoms with Crippen LogP contribution in [0, 0.1) is 0 Å². The number of fused-ring (bicyclic) bond motifs is 1. The highest BCUT2D eigenvalue weighted by molar-refractivity contribution is 6.30. The molecule has 0 spiro atoms. The Morgan fingerprint density at radius 1 is 1.07 bits per heavy atom. The first-order valence-electron chi connectivity index (χ1n) is 8.17. The molecule has 0 saturated carbocycles. The lowest BCUT2D eigenvalue weighted by atomic mass is 10.2. The molecule has 0 aliphatic carbocycles. The molecule has 2 aromatic carbocycles. The minimum absolute atomic E-state index is 0.0970. The lowest BCUT2D eigenvalue weighted by Gasteiger charge is -2.08. The molecule has 1 amide bonds. The fraction of sp³-hybridized carbons (Fsp3) is 0.0500. The van der Waals surface area contributed by atoms with E-state index in [-0.39, 0.29) is 12.5 Å². The van der Waals surface area contributed by atoms with Gasteiger partial charge >= 0.3 is 0 Å². The SMILES string of the molecule is O=C(COc1ccc(Cl)cc1)Nc1ccc(-c2nc3ncccc3o2)cc1. The Bertz CT molecular complexity index is 1040. The average molecular weight is 380 g/mol. The van der Waals surface area contributed by atoms with Gasteiger partial charge in [0.05, 0.1) is 0 Å². The molecule has 0 radical (unpaired) electrons. The number of ether oxygens (including phenoxy) is 1. The molecule has 4 aromatic rings. The number of pyridine rings is 1. The van der Waals surface area contributed by atoms with Crippen molar-refractivity contribution < 1.29 is 13.9 Å². The van der Waals surface area contributed by atoms with Crippen LogP contribution in [0.5, 0.6) is 5.75 Å². The standard InChI is InChI=1S/C20H14ClN3O3/c21-14-5-9-16(10-6-14)26-12-18(25)23-15-7-3-13(4-8-15)20-24-19-17(27-20)2-1-11-22-19/h1-11H,12H2,(H,23,25). The molecule has 4 rings (SSSR count). The van der Waals surface area contributed by atoms with Crippen LogP contribution in [0.3, 0.4) is 0 Å². The second kappa shape index (κ2) is 7.47. The number of hydrogen-bond donors (Lipinski definition) is 1. The summed E-state index contributed by atoms with van der Waals surface area (Å²) >= 11 is 5.81. The summed E-state index contributed by atoms with van der Waals surface area (Å²) in [6, 6.07) is 17.6. The highest BCUT2D eigenvalue weighted by Crippen LogP contribution is 2.24. The van der Waals surface area contributed by atoms with Gasteiger partial charge in [0.25, 0.3) is 5.91 Å². The second-order valence-corrected chi connectivity index (χ2v) is 6.15. The number of nitrogens with one attached hydrogen (secondary N) is 1. The van der Waals surface area contributed by atoms with Gasteiger partial charge in [-0.1, -0.05) is 11.6 Å². The molecule has 0 unspecified atom stereocenters. The summed E-state index contributed by atoms with van der Waals surface area (Å²) in [6.45, 7) is -0.0970. The smallest absolute Gasteiger partial charge is 0.262 e. The number of hydrogen-bond acceptors (Lipinski definition) is 5. The van der Waals surface area contributed by atoms with Crippen molar-refractivity contribution in [1.82, 2.24) is 9.97 Å². The molecule has 0 aliphatic rings. The van der Waals surface area contributed by atoms with E-state index in [2.05, 4.69) is 15.3 Å². The Labute approximate surface area is 159 Å². The summed E-state index contributed by atoms with van der Waals surface area (Å²) in [7, 11) is 0. The summed E-state index contributed by atoms with van der Waals surface area (Å²) in [5, 5.41) is 3.39. The Hall–Kier alpha value is -3.38. The molecule has 27 heavy (non-hydrogen) atoms. The topological polar surface area (TPSA) is 77.2 Å². The number of oxazole rings is 1. The first-order chi connectivity index (χ1) is 13.2. The van der Waals surface area contributed by atoms with Crippen molar-refractivity contribution in [3.63, 3.8) is 0 Å². The van der Waals surface area contributed by atoms with Crippen LogP contribution in [0.1, 0.15) is 0 Å². The zero-order valence-electron chi connectivity index (χ0n) is 14.1. The summed E-state index contributed by atoms with van der Waals surface area (Å²) in [5.74, 6) is 0.797. The summed E-state index contributed by atoms with van der Waals surface area (Å²) in [4.78, 5) is 20.5. The number of rotatable bonds is 5. The monoisotopic (exact) mass is 379 g/mol. The molecule has 0 saturated heterocycles. The van der Waals surface area contributed by atoms with Gasteiger partial charge in [-0.15, -0.1) is 0 Å². The highest BCUT2D eigenvalue weighted by atomic mass is 35.5. The fourth-order valence-electron chi connectivity index (χ4n) is 2.47. The maximum Gasteiger partial charge on any atom is 0.262 e. The predicted molar refractivity (Wildman–Crippen MR) is 103 cm³/mol. The van der Waals surface area contributed by atoms with Crippen LogP contribution in [0.2, 0.25) is 5.02 Å². The van der Waals surface area contributed by atoms with Crippen LogP contribution >= 0.6 is 11.6 Å². The van der Waals surface area contributed by atoms with E-state index in [1.165, 1.54) is 0 Å². The third kappa shape index (κ3) is 4.07. The molecule has 2 heterocycles. The van der Waals surface area contributed by atoms with Crippen molar-refractivity contribution in [1.29, 1.82) is 0 Å². The molecule has 1 N–H and O–H groups in total. The third-order valence-electron chi connectivity index (χ3n) is 3.76. The van der Waals surface area contributed by atoms with Gasteiger partial charge < -0.3 is 14.5 Å². The molecular formula is C20H14ClN3O3. The lowest BCUT2D eigenvalue weighted by Crippen LogP contribution is -2.20. The number of carbonyl (C=O) groups is 1. The number of aromatic nitrogens is 2. The highest BCUT2D eigenvalue weighted by Gasteiger charge is 2.09. The van der Waals surface area contributed by atoms with Gasteiger partial charge in [0, 0.05) is 22.5 Å². The maximum absolute atomic E-state index is 12.0. The molecular weight excluding hydrogens is 366 g/mol. The van der Waals surface area contributed by atoms with E-state index in [4.69, 9.17) is 20.8 Å². The van der Waals surface area contributed by atoms with Gasteiger partial charge in [-0.2, -0.15) is 4.98 Å². The van der Waals surface area contributed by atoms with Crippen LogP contribution in [0.15, 0.2) is 71.3 Å². The van der Waals surface area contributed by atoms with Gasteiger partial charge in [-0.3, -0.25) is 4.79 Å². The zero-order chi connectivity index (χ0) is 18.6. The first kappa shape index (κ1) is 17.1. The Kier molecular flexibility index (Phi) is 4.72. The average Bonchev–Trinajstić information content (AvgIpc) is 3.12. The number of carbonyl (C=O) groups excluding carboxylic acids is 1. The van der Waals surface area contributed by atoms with E-state index in [1.54, 1.807) is 48.7 Å². The predicted octanol–water partition coefficient (Wildman–Crippen LogP) is 4.56. The number of halogens is 1. The van der Waals surface area contributed by atoms with Crippen LogP contribution in [0.25, 0.3) is 22.7 Å². The number of anilines is 1. The van der Waals surface area contributed by atoms with Gasteiger partial charge in [0.15, 0.2) is 17.8 Å². The minimum atomic E-state index is -0.260. The van der Waals surface area contributed by atoms with E-state index in [0.717, 1.165) is 5.56 Å². The van der Waals surface area contributed by atoms with Crippen molar-refractivity contribution in [3.05, 3.63) is 71.9 Å². The van der Waals surface area contributed by atoms with Crippen molar-refractivity contribution >= 4 is 34.4 Å². The van der Waals surface area contributed by atoms with E-state index >= 15 is 0 Å². The lowest BCUT2D eigenvalue weighted by molar-refractivity contribution is -0.118. The Balaban J connectivity index is 1.38. The summed E-state index contributed by atoms with van der Waals surface area (Å²) in [5.41, 5.74) is 2.63. The first-order valence-corrected chi connectivity index (χ1v) is 8.55. The van der Waals surface area contributed by atoms with Crippen LogP contribution < -0.4 is 10.1 Å². The van der Waals surface area contributed by atoms with Crippen molar-refractivity contribution in [3.8, 4) is 17.2 Å². The fourth-order valence-corrected chi connectivity index (χ4v) is 2.59. The van der Waals surface area contributed by atoms with Gasteiger partial charge in [-0.25, -0.2) is 4.98 Å². The second-order valence-electron chi connectivity index (χ2n) is 5.71. The summed E-state index contributed by atoms with van der Waals surface area (Å²) in [6.07, 6.45) is 1.67. The van der Waals surface area contributed by atoms with E-state index in [0.29, 0.717) is 33.6 Å². The third-order valence-corrected chi connectivity index (χ3v) is 4.02. The van der Waals surface area contributed by atoms with Gasteiger partial charge in [0.1, 0.15) is 5.75 Å². The molecule has 0 bridgehead atoms. The molecule has 0 atom stereocenters. The number of benzene rings is 2. The van der Waals surface area contributed by atoms with Crippen LogP contribution in [0.4, 0.5) is 5.69 Å². The molecule has 0 fully saturated rings. The van der Waals surface area contributed by atoms with Crippen LogP contribution in [-0.4, -0.2) is 22.5 Å². The summed E-state index contributed by atoms with van der Waals surface area (Å²) < 4.78 is 11.1. The van der Waals surface area contributed by atoms with E-state index < -0.39 is 0 Å². The van der Waals surface area contributed by atoms with Crippen molar-refractivity contribution in [2.75, 3.05) is 11.9 Å². The molecule has 134 valence electrons. The van der Waals surface area contributed by atoms with E-state index in [9.17, 15) is 4.79 Å². The van der Waals surface area contributed by atoms with Crippen LogP contribution in [-0.2, 0) is 4.79 Å². The molecule has 0 aliphatic heterocycles. The Morgan fingerprint density at radius 3 is 2.59 bits per heavy atom. The van der Waals surface area contributed by atoms with Crippen molar-refractivity contribution in [2.45, 2.75) is 0 Å². The number of nitrogens with zero attached hydrogens (tertiary/aromatic N) is 2. The van der Waals surface area contributed by atoms with E-state index in [1.807, 2.05) is 18.2 Å².